The maximum Gasteiger partial charge on any atom is 0.354 e. The first-order valence-electron chi connectivity index (χ1n) is 5.38. The van der Waals surface area contributed by atoms with Gasteiger partial charge in [-0.3, -0.25) is 0 Å². The SMILES string of the molecule is COc1cccc2[nH]c3cnc(C(=O)O)cc3c12. The number of fused-ring (bicyclic) bond motifs is 3. The molecular formula is C13H10N2O3. The van der Waals surface area contributed by atoms with E-state index in [4.69, 9.17) is 9.84 Å². The molecule has 3 aromatic rings. The van der Waals surface area contributed by atoms with E-state index < -0.39 is 5.97 Å². The molecule has 0 aliphatic carbocycles. The van der Waals surface area contributed by atoms with Crippen molar-refractivity contribution in [1.29, 1.82) is 0 Å². The number of hydrogen-bond acceptors (Lipinski definition) is 3. The highest BCUT2D eigenvalue weighted by Crippen LogP contribution is 2.32. The van der Waals surface area contributed by atoms with Crippen LogP contribution in [0.5, 0.6) is 5.75 Å². The van der Waals surface area contributed by atoms with Crippen LogP contribution in [0.25, 0.3) is 21.8 Å². The Morgan fingerprint density at radius 1 is 1.39 bits per heavy atom. The molecule has 0 radical (unpaired) electrons. The van der Waals surface area contributed by atoms with Gasteiger partial charge in [0.05, 0.1) is 24.3 Å². The van der Waals surface area contributed by atoms with Crippen LogP contribution in [0.15, 0.2) is 30.5 Å². The number of pyridine rings is 1. The summed E-state index contributed by atoms with van der Waals surface area (Å²) >= 11 is 0. The average Bonchev–Trinajstić information content (AvgIpc) is 2.75. The number of benzene rings is 1. The van der Waals surface area contributed by atoms with Gasteiger partial charge in [-0.1, -0.05) is 6.07 Å². The van der Waals surface area contributed by atoms with Crippen LogP contribution in [0.3, 0.4) is 0 Å². The van der Waals surface area contributed by atoms with E-state index >= 15 is 0 Å². The highest BCUT2D eigenvalue weighted by Gasteiger charge is 2.12. The zero-order valence-corrected chi connectivity index (χ0v) is 9.60. The van der Waals surface area contributed by atoms with Crippen molar-refractivity contribution in [2.24, 2.45) is 0 Å². The molecule has 18 heavy (non-hydrogen) atoms. The van der Waals surface area contributed by atoms with Crippen LogP contribution in [-0.2, 0) is 0 Å². The van der Waals surface area contributed by atoms with Crippen molar-refractivity contribution >= 4 is 27.8 Å². The molecule has 0 atom stereocenters. The van der Waals surface area contributed by atoms with E-state index in [1.807, 2.05) is 18.2 Å². The molecule has 2 N–H and O–H groups in total. The number of aromatic nitrogens is 2. The number of methoxy groups -OCH3 is 1. The molecule has 0 spiro atoms. The molecule has 5 nitrogen and oxygen atoms in total. The van der Waals surface area contributed by atoms with Crippen LogP contribution in [-0.4, -0.2) is 28.2 Å². The van der Waals surface area contributed by atoms with Gasteiger partial charge in [0.2, 0.25) is 0 Å². The molecule has 90 valence electrons. The van der Waals surface area contributed by atoms with Gasteiger partial charge in [-0.2, -0.15) is 0 Å². The maximum absolute atomic E-state index is 11.0. The summed E-state index contributed by atoms with van der Waals surface area (Å²) in [5, 5.41) is 10.7. The predicted octanol–water partition coefficient (Wildman–Crippen LogP) is 2.42. The molecule has 0 unspecified atom stereocenters. The van der Waals surface area contributed by atoms with E-state index in [1.165, 1.54) is 6.20 Å². The van der Waals surface area contributed by atoms with Gasteiger partial charge >= 0.3 is 5.97 Å². The summed E-state index contributed by atoms with van der Waals surface area (Å²) in [4.78, 5) is 18.0. The van der Waals surface area contributed by atoms with Gasteiger partial charge in [0.15, 0.2) is 0 Å². The topological polar surface area (TPSA) is 75.2 Å². The van der Waals surface area contributed by atoms with Crippen LogP contribution in [0, 0.1) is 0 Å². The molecule has 2 aromatic heterocycles. The molecule has 3 rings (SSSR count). The number of aromatic carboxylic acids is 1. The van der Waals surface area contributed by atoms with E-state index in [9.17, 15) is 4.79 Å². The Balaban J connectivity index is 2.45. The van der Waals surface area contributed by atoms with Gasteiger partial charge in [0, 0.05) is 10.8 Å². The van der Waals surface area contributed by atoms with Crippen molar-refractivity contribution < 1.29 is 14.6 Å². The summed E-state index contributed by atoms with van der Waals surface area (Å²) in [5.74, 6) is -0.331. The smallest absolute Gasteiger partial charge is 0.354 e. The largest absolute Gasteiger partial charge is 0.496 e. The number of carboxylic acids is 1. The standard InChI is InChI=1S/C13H10N2O3/c1-18-11-4-2-3-8-12(11)7-5-9(13(16)17)14-6-10(7)15-8/h2-6,15H,1H3,(H,16,17). The van der Waals surface area contributed by atoms with Crippen molar-refractivity contribution in [2.75, 3.05) is 7.11 Å². The molecular weight excluding hydrogens is 232 g/mol. The van der Waals surface area contributed by atoms with Gasteiger partial charge in [-0.15, -0.1) is 0 Å². The molecule has 0 saturated carbocycles. The van der Waals surface area contributed by atoms with E-state index in [1.54, 1.807) is 13.2 Å². The highest BCUT2D eigenvalue weighted by atomic mass is 16.5. The van der Waals surface area contributed by atoms with E-state index in [0.717, 1.165) is 21.8 Å². The van der Waals surface area contributed by atoms with Crippen molar-refractivity contribution in [1.82, 2.24) is 9.97 Å². The fourth-order valence-electron chi connectivity index (χ4n) is 2.11. The average molecular weight is 242 g/mol. The Kier molecular flexibility index (Phi) is 2.19. The Bertz CT molecular complexity index is 761. The number of H-pyrrole nitrogens is 1. The third kappa shape index (κ3) is 1.41. The van der Waals surface area contributed by atoms with Crippen LogP contribution < -0.4 is 4.74 Å². The van der Waals surface area contributed by atoms with E-state index in [0.29, 0.717) is 5.75 Å². The lowest BCUT2D eigenvalue weighted by Gasteiger charge is -2.01. The molecule has 0 aliphatic heterocycles. The molecule has 5 heteroatoms. The first kappa shape index (κ1) is 10.6. The van der Waals surface area contributed by atoms with Gasteiger partial charge in [-0.05, 0) is 18.2 Å². The Labute approximate surface area is 102 Å². The van der Waals surface area contributed by atoms with Gasteiger partial charge in [-0.25, -0.2) is 9.78 Å². The lowest BCUT2D eigenvalue weighted by molar-refractivity contribution is 0.0691. The lowest BCUT2D eigenvalue weighted by Crippen LogP contribution is -1.98. The highest BCUT2D eigenvalue weighted by molar-refractivity contribution is 6.11. The van der Waals surface area contributed by atoms with Crippen molar-refractivity contribution in [3.63, 3.8) is 0 Å². The monoisotopic (exact) mass is 242 g/mol. The number of nitrogens with zero attached hydrogens (tertiary/aromatic N) is 1. The minimum atomic E-state index is -1.04. The predicted molar refractivity (Wildman–Crippen MR) is 67.1 cm³/mol. The summed E-state index contributed by atoms with van der Waals surface area (Å²) in [7, 11) is 1.59. The second-order valence-electron chi connectivity index (χ2n) is 3.93. The number of ether oxygens (including phenoxy) is 1. The molecule has 0 bridgehead atoms. The zero-order valence-electron chi connectivity index (χ0n) is 9.60. The quantitative estimate of drug-likeness (QED) is 0.723. The van der Waals surface area contributed by atoms with E-state index in [-0.39, 0.29) is 5.69 Å². The van der Waals surface area contributed by atoms with Crippen molar-refractivity contribution in [3.8, 4) is 5.75 Å². The third-order valence-corrected chi connectivity index (χ3v) is 2.91. The number of aromatic amines is 1. The molecule has 2 heterocycles. The second kappa shape index (κ2) is 3.73. The van der Waals surface area contributed by atoms with Gasteiger partial charge in [0.1, 0.15) is 11.4 Å². The minimum Gasteiger partial charge on any atom is -0.496 e. The summed E-state index contributed by atoms with van der Waals surface area (Å²) < 4.78 is 5.31. The van der Waals surface area contributed by atoms with E-state index in [2.05, 4.69) is 9.97 Å². The van der Waals surface area contributed by atoms with Crippen LogP contribution >= 0.6 is 0 Å². The number of hydrogen-bond donors (Lipinski definition) is 2. The van der Waals surface area contributed by atoms with Crippen LogP contribution in [0.4, 0.5) is 0 Å². The fraction of sp³-hybridized carbons (Fsp3) is 0.0769. The first-order chi connectivity index (χ1) is 8.70. The third-order valence-electron chi connectivity index (χ3n) is 2.91. The van der Waals surface area contributed by atoms with Gasteiger partial charge in [0.25, 0.3) is 0 Å². The van der Waals surface area contributed by atoms with Crippen LogP contribution in [0.1, 0.15) is 10.5 Å². The Hall–Kier alpha value is -2.56. The maximum atomic E-state index is 11.0. The lowest BCUT2D eigenvalue weighted by atomic mass is 10.1. The minimum absolute atomic E-state index is 0.0225. The van der Waals surface area contributed by atoms with Crippen molar-refractivity contribution in [3.05, 3.63) is 36.2 Å². The van der Waals surface area contributed by atoms with Gasteiger partial charge < -0.3 is 14.8 Å². The molecule has 0 fully saturated rings. The molecule has 0 amide bonds. The number of carboxylic acid groups (broad SMARTS) is 1. The summed E-state index contributed by atoms with van der Waals surface area (Å²) in [6.45, 7) is 0. The zero-order chi connectivity index (χ0) is 12.7. The Morgan fingerprint density at radius 3 is 2.94 bits per heavy atom. The summed E-state index contributed by atoms with van der Waals surface area (Å²) in [5.41, 5.74) is 1.71. The molecule has 0 saturated heterocycles. The number of rotatable bonds is 2. The second-order valence-corrected chi connectivity index (χ2v) is 3.93. The number of carbonyl (C=O) groups is 1. The van der Waals surface area contributed by atoms with Crippen molar-refractivity contribution in [2.45, 2.75) is 0 Å². The Morgan fingerprint density at radius 2 is 2.22 bits per heavy atom. The molecule has 1 aromatic carbocycles. The summed E-state index contributed by atoms with van der Waals surface area (Å²) in [6, 6.07) is 7.19. The van der Waals surface area contributed by atoms with Crippen LogP contribution in [0.2, 0.25) is 0 Å². The fourth-order valence-corrected chi connectivity index (χ4v) is 2.11. The summed E-state index contributed by atoms with van der Waals surface area (Å²) in [6.07, 6.45) is 1.53. The first-order valence-corrected chi connectivity index (χ1v) is 5.38. The normalized spacial score (nSPS) is 10.9. The molecule has 0 aliphatic rings. The number of nitrogens with one attached hydrogen (secondary N) is 1.